The summed E-state index contributed by atoms with van der Waals surface area (Å²) in [6, 6.07) is 11.5. The van der Waals surface area contributed by atoms with Gasteiger partial charge in [-0.15, -0.1) is 0 Å². The number of ketones is 1. The lowest BCUT2D eigenvalue weighted by Gasteiger charge is -2.08. The number of hydrogen-bond acceptors (Lipinski definition) is 3. The van der Waals surface area contributed by atoms with E-state index < -0.39 is 6.09 Å². The number of amides is 1. The van der Waals surface area contributed by atoms with Gasteiger partial charge in [-0.1, -0.05) is 17.7 Å². The van der Waals surface area contributed by atoms with E-state index in [0.29, 0.717) is 22.0 Å². The normalized spacial score (nSPS) is 10.0. The zero-order chi connectivity index (χ0) is 15.4. The lowest BCUT2D eigenvalue weighted by molar-refractivity contribution is 0.101. The summed E-state index contributed by atoms with van der Waals surface area (Å²) < 4.78 is 5.12. The number of carbonyl (C=O) groups excluding carboxylic acids is 2. The van der Waals surface area contributed by atoms with Gasteiger partial charge in [-0.3, -0.25) is 10.1 Å². The van der Waals surface area contributed by atoms with E-state index in [2.05, 4.69) is 5.32 Å². The van der Waals surface area contributed by atoms with E-state index in [1.54, 1.807) is 42.5 Å². The second-order valence-corrected chi connectivity index (χ2v) is 4.97. The second kappa shape index (κ2) is 6.41. The Kier molecular flexibility index (Phi) is 4.60. The van der Waals surface area contributed by atoms with Gasteiger partial charge in [0.2, 0.25) is 0 Å². The fraction of sp³-hybridized carbons (Fsp3) is 0.125. The minimum Gasteiger partial charge on any atom is -0.410 e. The minimum atomic E-state index is -0.620. The molecule has 0 heterocycles. The molecular formula is C16H14ClNO3. The molecule has 0 aliphatic carbocycles. The van der Waals surface area contributed by atoms with Crippen LogP contribution in [-0.2, 0) is 0 Å². The van der Waals surface area contributed by atoms with Gasteiger partial charge in [0.1, 0.15) is 5.75 Å². The summed E-state index contributed by atoms with van der Waals surface area (Å²) in [5.41, 5.74) is 2.04. The molecule has 21 heavy (non-hydrogen) atoms. The van der Waals surface area contributed by atoms with E-state index in [1.807, 2.05) is 6.92 Å². The number of aryl methyl sites for hydroxylation is 1. The molecule has 0 saturated carbocycles. The van der Waals surface area contributed by atoms with E-state index in [-0.39, 0.29) is 5.78 Å². The minimum absolute atomic E-state index is 0.0414. The number of Topliss-reactive ketones (excluding diaryl/α,β-unsaturated/α-hetero) is 1. The summed E-state index contributed by atoms with van der Waals surface area (Å²) in [4.78, 5) is 22.9. The van der Waals surface area contributed by atoms with Crippen LogP contribution in [0.2, 0.25) is 5.02 Å². The maximum absolute atomic E-state index is 11.8. The molecular weight excluding hydrogens is 290 g/mol. The Bertz CT molecular complexity index is 680. The van der Waals surface area contributed by atoms with E-state index in [1.165, 1.54) is 6.92 Å². The average molecular weight is 304 g/mol. The smallest absolute Gasteiger partial charge is 0.410 e. The molecule has 0 aliphatic rings. The van der Waals surface area contributed by atoms with Gasteiger partial charge in [-0.25, -0.2) is 4.79 Å². The molecule has 0 aromatic heterocycles. The molecule has 5 heteroatoms. The third-order valence-electron chi connectivity index (χ3n) is 2.89. The molecule has 2 aromatic carbocycles. The monoisotopic (exact) mass is 303 g/mol. The highest BCUT2D eigenvalue weighted by Gasteiger charge is 2.07. The highest BCUT2D eigenvalue weighted by atomic mass is 35.5. The van der Waals surface area contributed by atoms with Gasteiger partial charge < -0.3 is 4.74 Å². The number of anilines is 1. The van der Waals surface area contributed by atoms with Gasteiger partial charge in [-0.2, -0.15) is 0 Å². The van der Waals surface area contributed by atoms with Gasteiger partial charge in [0.25, 0.3) is 0 Å². The maximum atomic E-state index is 11.8. The largest absolute Gasteiger partial charge is 0.417 e. The zero-order valence-electron chi connectivity index (χ0n) is 11.6. The SMILES string of the molecule is CC(=O)c1ccc(OC(=O)Nc2ccc(C)c(Cl)c2)cc1. The Morgan fingerprint density at radius 1 is 1.10 bits per heavy atom. The van der Waals surface area contributed by atoms with Gasteiger partial charge in [-0.05, 0) is 55.8 Å². The number of halogens is 1. The summed E-state index contributed by atoms with van der Waals surface area (Å²) in [5, 5.41) is 3.15. The summed E-state index contributed by atoms with van der Waals surface area (Å²) in [7, 11) is 0. The van der Waals surface area contributed by atoms with Crippen LogP contribution >= 0.6 is 11.6 Å². The predicted octanol–water partition coefficient (Wildman–Crippen LogP) is 4.46. The van der Waals surface area contributed by atoms with Crippen LogP contribution in [0.5, 0.6) is 5.75 Å². The van der Waals surface area contributed by atoms with Gasteiger partial charge in [0, 0.05) is 16.3 Å². The Morgan fingerprint density at radius 2 is 1.76 bits per heavy atom. The number of benzene rings is 2. The van der Waals surface area contributed by atoms with E-state index in [9.17, 15) is 9.59 Å². The summed E-state index contributed by atoms with van der Waals surface area (Å²) in [5.74, 6) is 0.316. The van der Waals surface area contributed by atoms with Crippen LogP contribution in [0.1, 0.15) is 22.8 Å². The molecule has 108 valence electrons. The lowest BCUT2D eigenvalue weighted by Crippen LogP contribution is -2.16. The van der Waals surface area contributed by atoms with Crippen LogP contribution in [-0.4, -0.2) is 11.9 Å². The first-order chi connectivity index (χ1) is 9.95. The highest BCUT2D eigenvalue weighted by molar-refractivity contribution is 6.31. The summed E-state index contributed by atoms with van der Waals surface area (Å²) in [6.07, 6.45) is -0.620. The molecule has 2 rings (SSSR count). The van der Waals surface area contributed by atoms with Gasteiger partial charge in [0.05, 0.1) is 0 Å². The first-order valence-corrected chi connectivity index (χ1v) is 6.69. The number of hydrogen-bond donors (Lipinski definition) is 1. The maximum Gasteiger partial charge on any atom is 0.417 e. The molecule has 2 aromatic rings. The molecule has 0 fully saturated rings. The third-order valence-corrected chi connectivity index (χ3v) is 3.30. The second-order valence-electron chi connectivity index (χ2n) is 4.56. The van der Waals surface area contributed by atoms with Gasteiger partial charge in [0.15, 0.2) is 5.78 Å². The first kappa shape index (κ1) is 15.1. The number of rotatable bonds is 3. The number of ether oxygens (including phenoxy) is 1. The lowest BCUT2D eigenvalue weighted by atomic mass is 10.1. The quantitative estimate of drug-likeness (QED) is 0.852. The molecule has 0 unspecified atom stereocenters. The van der Waals surface area contributed by atoms with Crippen LogP contribution < -0.4 is 10.1 Å². The molecule has 0 atom stereocenters. The molecule has 0 saturated heterocycles. The van der Waals surface area contributed by atoms with E-state index in [0.717, 1.165) is 5.56 Å². The summed E-state index contributed by atoms with van der Waals surface area (Å²) in [6.45, 7) is 3.35. The van der Waals surface area contributed by atoms with Crippen LogP contribution in [0.3, 0.4) is 0 Å². The molecule has 0 spiro atoms. The molecule has 4 nitrogen and oxygen atoms in total. The van der Waals surface area contributed by atoms with E-state index in [4.69, 9.17) is 16.3 Å². The fourth-order valence-electron chi connectivity index (χ4n) is 1.68. The van der Waals surface area contributed by atoms with E-state index >= 15 is 0 Å². The van der Waals surface area contributed by atoms with Gasteiger partial charge >= 0.3 is 6.09 Å². The summed E-state index contributed by atoms with van der Waals surface area (Å²) >= 11 is 5.98. The molecule has 0 bridgehead atoms. The Hall–Kier alpha value is -2.33. The van der Waals surface area contributed by atoms with Crippen molar-refractivity contribution in [3.05, 3.63) is 58.6 Å². The average Bonchev–Trinajstić information content (AvgIpc) is 2.43. The van der Waals surface area contributed by atoms with Crippen LogP contribution in [0.25, 0.3) is 0 Å². The Labute approximate surface area is 127 Å². The van der Waals surface area contributed by atoms with Crippen molar-refractivity contribution in [2.45, 2.75) is 13.8 Å². The molecule has 0 aliphatic heterocycles. The predicted molar refractivity (Wildman–Crippen MR) is 82.3 cm³/mol. The van der Waals surface area contributed by atoms with Crippen molar-refractivity contribution in [3.8, 4) is 5.75 Å². The third kappa shape index (κ3) is 4.07. The molecule has 0 radical (unpaired) electrons. The zero-order valence-corrected chi connectivity index (χ0v) is 12.4. The topological polar surface area (TPSA) is 55.4 Å². The van der Waals surface area contributed by atoms with Crippen molar-refractivity contribution in [2.75, 3.05) is 5.32 Å². The van der Waals surface area contributed by atoms with Crippen LogP contribution in [0.15, 0.2) is 42.5 Å². The van der Waals surface area contributed by atoms with Crippen molar-refractivity contribution in [2.24, 2.45) is 0 Å². The van der Waals surface area contributed by atoms with Crippen molar-refractivity contribution in [1.29, 1.82) is 0 Å². The standard InChI is InChI=1S/C16H14ClNO3/c1-10-3-6-13(9-15(10)17)18-16(20)21-14-7-4-12(5-8-14)11(2)19/h3-9H,1-2H3,(H,18,20). The van der Waals surface area contributed by atoms with Crippen molar-refractivity contribution < 1.29 is 14.3 Å². The van der Waals surface area contributed by atoms with Crippen molar-refractivity contribution >= 4 is 29.2 Å². The number of carbonyl (C=O) groups is 2. The Morgan fingerprint density at radius 3 is 2.33 bits per heavy atom. The molecule has 1 N–H and O–H groups in total. The van der Waals surface area contributed by atoms with Crippen molar-refractivity contribution in [1.82, 2.24) is 0 Å². The van der Waals surface area contributed by atoms with Crippen molar-refractivity contribution in [3.63, 3.8) is 0 Å². The van der Waals surface area contributed by atoms with Crippen LogP contribution in [0, 0.1) is 6.92 Å². The number of nitrogens with one attached hydrogen (secondary N) is 1. The fourth-order valence-corrected chi connectivity index (χ4v) is 1.86. The molecule has 1 amide bonds. The highest BCUT2D eigenvalue weighted by Crippen LogP contribution is 2.20. The first-order valence-electron chi connectivity index (χ1n) is 6.31. The Balaban J connectivity index is 2.01. The van der Waals surface area contributed by atoms with Crippen LogP contribution in [0.4, 0.5) is 10.5 Å².